The number of nitrogens with one attached hydrogen (secondary N) is 2. The molecule has 0 radical (unpaired) electrons. The van der Waals surface area contributed by atoms with E-state index in [4.69, 9.17) is 4.74 Å². The van der Waals surface area contributed by atoms with Crippen LogP contribution >= 0.6 is 0 Å². The van der Waals surface area contributed by atoms with E-state index in [0.29, 0.717) is 13.2 Å². The molecule has 2 aromatic rings. The molecule has 3 heterocycles. The maximum atomic E-state index is 13.0. The number of nitrogens with zero attached hydrogens (tertiary/aromatic N) is 3. The van der Waals surface area contributed by atoms with Gasteiger partial charge in [-0.25, -0.2) is 14.4 Å². The van der Waals surface area contributed by atoms with Gasteiger partial charge in [0.25, 0.3) is 23.3 Å². The highest BCUT2D eigenvalue weighted by Crippen LogP contribution is 2.59. The minimum atomic E-state index is -4.23. The summed E-state index contributed by atoms with van der Waals surface area (Å²) in [6, 6.07) is 4.37. The van der Waals surface area contributed by atoms with E-state index in [1.54, 1.807) is 19.0 Å². The first-order chi connectivity index (χ1) is 16.0. The highest BCUT2D eigenvalue weighted by atomic mass is 32.2. The van der Waals surface area contributed by atoms with Gasteiger partial charge in [-0.3, -0.25) is 4.79 Å². The lowest BCUT2D eigenvalue weighted by Crippen LogP contribution is -2.37. The van der Waals surface area contributed by atoms with Crippen molar-refractivity contribution >= 4 is 23.3 Å². The van der Waals surface area contributed by atoms with Crippen LogP contribution < -0.4 is 14.7 Å². The lowest BCUT2D eigenvalue weighted by atomic mass is 9.93. The summed E-state index contributed by atoms with van der Waals surface area (Å²) in [4.78, 5) is 16.8. The minimum Gasteiger partial charge on any atom is -0.477 e. The number of amides is 1. The number of pyridine rings is 1. The van der Waals surface area contributed by atoms with Crippen LogP contribution in [0.5, 0.6) is 5.88 Å². The summed E-state index contributed by atoms with van der Waals surface area (Å²) >= 11 is 0. The summed E-state index contributed by atoms with van der Waals surface area (Å²) < 4.78 is 72.5. The van der Waals surface area contributed by atoms with E-state index in [1.165, 1.54) is 35.2 Å². The molecule has 14 heteroatoms. The third-order valence-electron chi connectivity index (χ3n) is 5.69. The fourth-order valence-corrected chi connectivity index (χ4v) is 4.46. The summed E-state index contributed by atoms with van der Waals surface area (Å²) in [7, 11) is -3.74. The Bertz CT molecular complexity index is 1270. The van der Waals surface area contributed by atoms with Gasteiger partial charge < -0.3 is 9.96 Å². The van der Waals surface area contributed by atoms with Crippen molar-refractivity contribution in [3.8, 4) is 11.7 Å². The number of alkyl halides is 3. The molecule has 34 heavy (non-hydrogen) atoms. The summed E-state index contributed by atoms with van der Waals surface area (Å²) in [5.41, 5.74) is -1.32. The summed E-state index contributed by atoms with van der Waals surface area (Å²) in [5.74, 6) is 1.36. The maximum Gasteiger partial charge on any atom is 0.394 e. The fraction of sp³-hybridized carbons (Fsp3) is 0.350. The molecule has 180 valence electrons. The molecule has 4 rings (SSSR count). The van der Waals surface area contributed by atoms with E-state index < -0.39 is 27.5 Å². The largest absolute Gasteiger partial charge is 0.477 e. The van der Waals surface area contributed by atoms with Crippen molar-refractivity contribution < 1.29 is 31.1 Å². The number of hydrogen-bond donors (Lipinski definition) is 2. The van der Waals surface area contributed by atoms with Gasteiger partial charge in [-0.1, -0.05) is 12.1 Å². The van der Waals surface area contributed by atoms with E-state index in [1.807, 2.05) is 4.72 Å². The molecular weight excluding hydrogens is 474 g/mol. The second kappa shape index (κ2) is 8.82. The smallest absolute Gasteiger partial charge is 0.394 e. The van der Waals surface area contributed by atoms with Gasteiger partial charge in [0.15, 0.2) is 5.82 Å². The summed E-state index contributed by atoms with van der Waals surface area (Å²) in [6.45, 7) is 1.43. The van der Waals surface area contributed by atoms with Crippen LogP contribution in [0.15, 0.2) is 47.6 Å². The van der Waals surface area contributed by atoms with Crippen LogP contribution in [0.2, 0.25) is 0 Å². The van der Waals surface area contributed by atoms with Crippen molar-refractivity contribution in [3.63, 3.8) is 0 Å². The molecule has 0 spiro atoms. The Balaban J connectivity index is 1.39. The van der Waals surface area contributed by atoms with Gasteiger partial charge in [0.1, 0.15) is 5.03 Å². The number of ether oxygens (including phenoxy) is 1. The van der Waals surface area contributed by atoms with Crippen LogP contribution in [0.4, 0.5) is 13.2 Å². The van der Waals surface area contributed by atoms with Crippen molar-refractivity contribution in [1.82, 2.24) is 24.7 Å². The molecule has 2 aromatic heterocycles. The van der Waals surface area contributed by atoms with E-state index in [9.17, 15) is 26.4 Å². The fourth-order valence-electron chi connectivity index (χ4n) is 3.46. The Morgan fingerprint density at radius 1 is 1.32 bits per heavy atom. The second-order valence-electron chi connectivity index (χ2n) is 8.05. The highest BCUT2D eigenvalue weighted by molar-refractivity contribution is 7.93. The Labute approximate surface area is 194 Å². The van der Waals surface area contributed by atoms with Crippen molar-refractivity contribution in [3.05, 3.63) is 58.8 Å². The van der Waals surface area contributed by atoms with Crippen molar-refractivity contribution in [2.45, 2.75) is 32.4 Å². The Morgan fingerprint density at radius 3 is 2.71 bits per heavy atom. The molecular formula is C20H21BF3N5O4S. The van der Waals surface area contributed by atoms with Crippen LogP contribution in [0.3, 0.4) is 0 Å². The van der Waals surface area contributed by atoms with Crippen LogP contribution in [0, 0.1) is 12.3 Å². The van der Waals surface area contributed by atoms with Gasteiger partial charge in [-0.05, 0) is 44.4 Å². The third kappa shape index (κ3) is 4.96. The number of rotatable bonds is 8. The minimum absolute atomic E-state index is 0.0600. The van der Waals surface area contributed by atoms with Crippen molar-refractivity contribution in [1.29, 1.82) is 0 Å². The predicted molar refractivity (Wildman–Crippen MR) is 118 cm³/mol. The molecule has 1 aliphatic carbocycles. The SMILES string of the molecule is Cc1nc(-n2ccc(OCCC3(C(F)(F)F)CC3)n2)ccc1C(=O)NS(=O)(=O)C1=CC=CBN1. The zero-order chi connectivity index (χ0) is 24.6. The van der Waals surface area contributed by atoms with Gasteiger partial charge in [-0.2, -0.15) is 21.6 Å². The van der Waals surface area contributed by atoms with Crippen LogP contribution in [0.25, 0.3) is 5.82 Å². The van der Waals surface area contributed by atoms with E-state index >= 15 is 0 Å². The predicted octanol–water partition coefficient (Wildman–Crippen LogP) is 2.06. The molecule has 0 unspecified atom stereocenters. The molecule has 2 N–H and O–H groups in total. The number of allylic oxidation sites excluding steroid dienone is 2. The van der Waals surface area contributed by atoms with E-state index in [-0.39, 0.29) is 48.0 Å². The van der Waals surface area contributed by atoms with Gasteiger partial charge >= 0.3 is 6.18 Å². The highest BCUT2D eigenvalue weighted by Gasteiger charge is 2.62. The van der Waals surface area contributed by atoms with Crippen LogP contribution in [-0.4, -0.2) is 49.3 Å². The number of carbonyl (C=O) groups is 1. The maximum absolute atomic E-state index is 13.0. The van der Waals surface area contributed by atoms with Gasteiger partial charge in [0.2, 0.25) is 5.88 Å². The molecule has 1 fully saturated rings. The second-order valence-corrected chi connectivity index (χ2v) is 9.70. The molecule has 0 atom stereocenters. The molecule has 9 nitrogen and oxygen atoms in total. The quantitative estimate of drug-likeness (QED) is 0.539. The number of carbonyl (C=O) groups excluding carboxylic acids is 1. The number of halogens is 3. The Kier molecular flexibility index (Phi) is 6.19. The van der Waals surface area contributed by atoms with E-state index in [0.717, 1.165) is 0 Å². The van der Waals surface area contributed by atoms with E-state index in [2.05, 4.69) is 15.3 Å². The molecule has 1 amide bonds. The monoisotopic (exact) mass is 495 g/mol. The normalized spacial score (nSPS) is 16.8. The number of hydrogen-bond acceptors (Lipinski definition) is 7. The summed E-state index contributed by atoms with van der Waals surface area (Å²) in [6.07, 6.45) is 0.305. The average Bonchev–Trinajstić information content (AvgIpc) is 3.44. The van der Waals surface area contributed by atoms with Gasteiger partial charge in [-0.15, -0.1) is 5.10 Å². The molecule has 0 aromatic carbocycles. The average molecular weight is 495 g/mol. The van der Waals surface area contributed by atoms with Crippen molar-refractivity contribution in [2.24, 2.45) is 5.41 Å². The first kappa shape index (κ1) is 23.9. The lowest BCUT2D eigenvalue weighted by molar-refractivity contribution is -0.190. The number of aryl methyl sites for hydroxylation is 1. The number of sulfonamides is 1. The molecule has 2 aliphatic rings. The molecule has 1 saturated carbocycles. The zero-order valence-corrected chi connectivity index (χ0v) is 18.9. The first-order valence-corrected chi connectivity index (χ1v) is 11.9. The van der Waals surface area contributed by atoms with Gasteiger partial charge in [0.05, 0.1) is 23.3 Å². The molecule has 0 bridgehead atoms. The van der Waals surface area contributed by atoms with Crippen LogP contribution in [-0.2, 0) is 10.0 Å². The molecule has 0 saturated heterocycles. The molecule has 1 aliphatic heterocycles. The zero-order valence-electron chi connectivity index (χ0n) is 18.1. The Morgan fingerprint density at radius 2 is 2.09 bits per heavy atom. The van der Waals surface area contributed by atoms with Gasteiger partial charge in [0, 0.05) is 12.3 Å². The topological polar surface area (TPSA) is 115 Å². The standard InChI is InChI=1S/C20H21BF3N5O4S/c1-13-14(18(30)28-34(31,32)17-3-2-10-21-26-17)4-5-15(25-13)29-11-6-16(27-29)33-12-9-19(7-8-19)20(22,23)24/h2-6,10-11,21,26H,7-9,12H2,1H3,(H,28,30). The van der Waals surface area contributed by atoms with Crippen molar-refractivity contribution in [2.75, 3.05) is 6.61 Å². The van der Waals surface area contributed by atoms with Crippen LogP contribution in [0.1, 0.15) is 35.3 Å². The lowest BCUT2D eigenvalue weighted by Gasteiger charge is -2.18. The Hall–Kier alpha value is -3.29. The number of aromatic nitrogens is 3. The third-order valence-corrected chi connectivity index (χ3v) is 7.01. The first-order valence-electron chi connectivity index (χ1n) is 10.4. The summed E-state index contributed by atoms with van der Waals surface area (Å²) in [5, 5.41) is 6.71.